The van der Waals surface area contributed by atoms with Gasteiger partial charge in [0, 0.05) is 18.1 Å². The van der Waals surface area contributed by atoms with Crippen LogP contribution in [0.2, 0.25) is 0 Å². The average molecular weight is 298 g/mol. The summed E-state index contributed by atoms with van der Waals surface area (Å²) in [6.07, 6.45) is 3.61. The predicted molar refractivity (Wildman–Crippen MR) is 86.7 cm³/mol. The van der Waals surface area contributed by atoms with Crippen LogP contribution in [0.1, 0.15) is 45.2 Å². The Hall–Kier alpha value is -2.10. The summed E-state index contributed by atoms with van der Waals surface area (Å²) in [5.74, 6) is 0. The Bertz CT molecular complexity index is 691. The molecule has 1 fully saturated rings. The zero-order valence-electron chi connectivity index (χ0n) is 13.4. The molecule has 1 aromatic carbocycles. The van der Waals surface area contributed by atoms with Crippen LogP contribution in [0.25, 0.3) is 10.9 Å². The van der Waals surface area contributed by atoms with Crippen LogP contribution in [0.3, 0.4) is 0 Å². The minimum Gasteiger partial charge on any atom is -0.444 e. The highest BCUT2D eigenvalue weighted by Gasteiger charge is 2.33. The molecule has 4 nitrogen and oxygen atoms in total. The smallest absolute Gasteiger partial charge is 0.410 e. The molecule has 0 saturated carbocycles. The number of nitrogens with zero attached hydrogens (tertiary/aromatic N) is 2. The van der Waals surface area contributed by atoms with Gasteiger partial charge < -0.3 is 9.64 Å². The van der Waals surface area contributed by atoms with Gasteiger partial charge in [-0.1, -0.05) is 18.2 Å². The topological polar surface area (TPSA) is 42.4 Å². The first-order chi connectivity index (χ1) is 10.4. The van der Waals surface area contributed by atoms with Crippen LogP contribution in [0, 0.1) is 0 Å². The van der Waals surface area contributed by atoms with E-state index in [-0.39, 0.29) is 12.1 Å². The number of aromatic nitrogens is 1. The monoisotopic (exact) mass is 298 g/mol. The normalized spacial score (nSPS) is 18.7. The molecular formula is C18H22N2O2. The molecule has 4 heteroatoms. The summed E-state index contributed by atoms with van der Waals surface area (Å²) in [5, 5.41) is 1.11. The van der Waals surface area contributed by atoms with Gasteiger partial charge in [0.05, 0.1) is 11.6 Å². The molecule has 1 aliphatic rings. The van der Waals surface area contributed by atoms with Gasteiger partial charge in [-0.2, -0.15) is 0 Å². The van der Waals surface area contributed by atoms with Crippen LogP contribution in [0.5, 0.6) is 0 Å². The number of carbonyl (C=O) groups is 1. The largest absolute Gasteiger partial charge is 0.444 e. The average Bonchev–Trinajstić information content (AvgIpc) is 2.94. The highest BCUT2D eigenvalue weighted by molar-refractivity contribution is 5.79. The molecule has 1 aliphatic heterocycles. The van der Waals surface area contributed by atoms with Gasteiger partial charge in [0.1, 0.15) is 5.60 Å². The van der Waals surface area contributed by atoms with Crippen LogP contribution in [-0.2, 0) is 4.74 Å². The van der Waals surface area contributed by atoms with Gasteiger partial charge in [0.15, 0.2) is 0 Å². The molecule has 1 saturated heterocycles. The Kier molecular flexibility index (Phi) is 3.77. The maximum atomic E-state index is 12.4. The van der Waals surface area contributed by atoms with E-state index in [1.807, 2.05) is 50.1 Å². The number of pyridine rings is 1. The molecule has 3 rings (SSSR count). The molecule has 1 atom stereocenters. The SMILES string of the molecule is CC(C)(C)OC(=O)N1CCC[C@H]1c1cnc2ccccc2c1. The van der Waals surface area contributed by atoms with E-state index in [0.717, 1.165) is 35.9 Å². The summed E-state index contributed by atoms with van der Waals surface area (Å²) >= 11 is 0. The molecule has 0 aliphatic carbocycles. The van der Waals surface area contributed by atoms with Crippen molar-refractivity contribution in [3.63, 3.8) is 0 Å². The maximum Gasteiger partial charge on any atom is 0.410 e. The summed E-state index contributed by atoms with van der Waals surface area (Å²) in [7, 11) is 0. The third kappa shape index (κ3) is 3.06. The van der Waals surface area contributed by atoms with Crippen molar-refractivity contribution >= 4 is 17.0 Å². The second-order valence-electron chi connectivity index (χ2n) is 6.79. The minimum atomic E-state index is -0.466. The van der Waals surface area contributed by atoms with Gasteiger partial charge in [-0.25, -0.2) is 4.79 Å². The molecule has 0 bridgehead atoms. The Labute approximate surface area is 131 Å². The van der Waals surface area contributed by atoms with Crippen molar-refractivity contribution in [2.45, 2.75) is 45.3 Å². The van der Waals surface area contributed by atoms with E-state index in [0.29, 0.717) is 0 Å². The van der Waals surface area contributed by atoms with Gasteiger partial charge in [-0.15, -0.1) is 0 Å². The number of carbonyl (C=O) groups excluding carboxylic acids is 1. The Morgan fingerprint density at radius 1 is 1.32 bits per heavy atom. The Morgan fingerprint density at radius 3 is 2.86 bits per heavy atom. The van der Waals surface area contributed by atoms with Crippen molar-refractivity contribution in [1.82, 2.24) is 9.88 Å². The fraction of sp³-hybridized carbons (Fsp3) is 0.444. The van der Waals surface area contributed by atoms with Gasteiger partial charge in [0.25, 0.3) is 0 Å². The Balaban J connectivity index is 1.86. The zero-order chi connectivity index (χ0) is 15.7. The van der Waals surface area contributed by atoms with Gasteiger partial charge in [0.2, 0.25) is 0 Å². The number of ether oxygens (including phenoxy) is 1. The van der Waals surface area contributed by atoms with E-state index in [4.69, 9.17) is 4.74 Å². The summed E-state index contributed by atoms with van der Waals surface area (Å²) < 4.78 is 5.53. The third-order valence-electron chi connectivity index (χ3n) is 3.88. The van der Waals surface area contributed by atoms with E-state index < -0.39 is 5.60 Å². The molecule has 0 spiro atoms. The van der Waals surface area contributed by atoms with E-state index >= 15 is 0 Å². The van der Waals surface area contributed by atoms with Crippen LogP contribution in [0.4, 0.5) is 4.79 Å². The maximum absolute atomic E-state index is 12.4. The number of para-hydroxylation sites is 1. The minimum absolute atomic E-state index is 0.0620. The van der Waals surface area contributed by atoms with Crippen molar-refractivity contribution in [3.05, 3.63) is 42.1 Å². The van der Waals surface area contributed by atoms with Crippen LogP contribution in [-0.4, -0.2) is 28.1 Å². The number of amides is 1. The Morgan fingerprint density at radius 2 is 2.09 bits per heavy atom. The zero-order valence-corrected chi connectivity index (χ0v) is 13.4. The van der Waals surface area contributed by atoms with Gasteiger partial charge in [-0.3, -0.25) is 4.98 Å². The first-order valence-corrected chi connectivity index (χ1v) is 7.78. The fourth-order valence-corrected chi connectivity index (χ4v) is 2.92. The lowest BCUT2D eigenvalue weighted by molar-refractivity contribution is 0.0224. The summed E-state index contributed by atoms with van der Waals surface area (Å²) in [5.41, 5.74) is 1.60. The van der Waals surface area contributed by atoms with Crippen molar-refractivity contribution in [2.24, 2.45) is 0 Å². The number of hydrogen-bond donors (Lipinski definition) is 0. The van der Waals surface area contributed by atoms with Crippen LogP contribution >= 0.6 is 0 Å². The van der Waals surface area contributed by atoms with Crippen LogP contribution < -0.4 is 0 Å². The highest BCUT2D eigenvalue weighted by atomic mass is 16.6. The van der Waals surface area contributed by atoms with E-state index in [1.54, 1.807) is 0 Å². The van der Waals surface area contributed by atoms with E-state index in [2.05, 4.69) is 17.1 Å². The molecular weight excluding hydrogens is 276 g/mol. The van der Waals surface area contributed by atoms with E-state index in [1.165, 1.54) is 0 Å². The molecule has 0 radical (unpaired) electrons. The number of benzene rings is 1. The van der Waals surface area contributed by atoms with Gasteiger partial charge in [-0.05, 0) is 51.3 Å². The summed E-state index contributed by atoms with van der Waals surface area (Å²) in [4.78, 5) is 18.7. The first-order valence-electron chi connectivity index (χ1n) is 7.78. The number of hydrogen-bond acceptors (Lipinski definition) is 3. The molecule has 0 unspecified atom stereocenters. The lowest BCUT2D eigenvalue weighted by Crippen LogP contribution is -2.36. The summed E-state index contributed by atoms with van der Waals surface area (Å²) in [6, 6.07) is 10.2. The van der Waals surface area contributed by atoms with Crippen molar-refractivity contribution in [2.75, 3.05) is 6.54 Å². The van der Waals surface area contributed by atoms with E-state index in [9.17, 15) is 4.79 Å². The molecule has 1 aromatic heterocycles. The molecule has 22 heavy (non-hydrogen) atoms. The molecule has 1 amide bonds. The first kappa shape index (κ1) is 14.8. The highest BCUT2D eigenvalue weighted by Crippen LogP contribution is 2.33. The molecule has 116 valence electrons. The van der Waals surface area contributed by atoms with Gasteiger partial charge >= 0.3 is 6.09 Å². The second-order valence-corrected chi connectivity index (χ2v) is 6.79. The standard InChI is InChI=1S/C18H22N2O2/c1-18(2,3)22-17(21)20-10-6-9-16(20)14-11-13-7-4-5-8-15(13)19-12-14/h4-5,7-8,11-12,16H,6,9-10H2,1-3H3/t16-/m0/s1. The fourth-order valence-electron chi connectivity index (χ4n) is 2.92. The van der Waals surface area contributed by atoms with Crippen molar-refractivity contribution < 1.29 is 9.53 Å². The van der Waals surface area contributed by atoms with Crippen LogP contribution in [0.15, 0.2) is 36.5 Å². The predicted octanol–water partition coefficient (Wildman–Crippen LogP) is 4.31. The lowest BCUT2D eigenvalue weighted by Gasteiger charge is -2.28. The second kappa shape index (κ2) is 5.59. The van der Waals surface area contributed by atoms with Crippen molar-refractivity contribution in [3.8, 4) is 0 Å². The quantitative estimate of drug-likeness (QED) is 0.788. The third-order valence-corrected chi connectivity index (χ3v) is 3.88. The number of fused-ring (bicyclic) bond motifs is 1. The molecule has 2 heterocycles. The lowest BCUT2D eigenvalue weighted by atomic mass is 10.0. The molecule has 2 aromatic rings. The van der Waals surface area contributed by atoms with Crippen molar-refractivity contribution in [1.29, 1.82) is 0 Å². The summed E-state index contributed by atoms with van der Waals surface area (Å²) in [6.45, 7) is 6.43. The molecule has 0 N–H and O–H groups in total. The number of likely N-dealkylation sites (tertiary alicyclic amines) is 1. The number of rotatable bonds is 1.